The van der Waals surface area contributed by atoms with Crippen LogP contribution in [0.1, 0.15) is 28.5 Å². The standard InChI is InChI=1S/C23H18N4OS2/c1-2-15-6-5-8-19-21(15)26-23(30-19)27(13-17-7-3-4-11-24-17)22(28)16-9-10-18-20(12-16)29-14-25-18/h3-12,14H,2,13H2,1H3. The molecule has 5 rings (SSSR count). The quantitative estimate of drug-likeness (QED) is 0.358. The van der Waals surface area contributed by atoms with E-state index in [1.807, 2.05) is 42.5 Å². The third-order valence-electron chi connectivity index (χ3n) is 4.97. The number of amides is 1. The van der Waals surface area contributed by atoms with Gasteiger partial charge in [0.2, 0.25) is 0 Å². The van der Waals surface area contributed by atoms with Crippen LogP contribution in [0.25, 0.3) is 20.4 Å². The SMILES string of the molecule is CCc1cccc2sc(N(Cc3ccccn3)C(=O)c3ccc4ncsc4c3)nc12. The van der Waals surface area contributed by atoms with E-state index in [4.69, 9.17) is 4.98 Å². The van der Waals surface area contributed by atoms with Crippen LogP contribution in [-0.2, 0) is 13.0 Å². The van der Waals surface area contributed by atoms with Gasteiger partial charge >= 0.3 is 0 Å². The fourth-order valence-electron chi connectivity index (χ4n) is 3.42. The Labute approximate surface area is 181 Å². The third-order valence-corrected chi connectivity index (χ3v) is 6.81. The lowest BCUT2D eigenvalue weighted by atomic mass is 10.1. The molecule has 2 aromatic carbocycles. The van der Waals surface area contributed by atoms with Crippen LogP contribution in [0.4, 0.5) is 5.13 Å². The molecular formula is C23H18N4OS2. The second kappa shape index (κ2) is 7.93. The van der Waals surface area contributed by atoms with Crippen molar-refractivity contribution < 1.29 is 4.79 Å². The van der Waals surface area contributed by atoms with Gasteiger partial charge in [-0.3, -0.25) is 14.7 Å². The largest absolute Gasteiger partial charge is 0.278 e. The molecule has 3 aromatic heterocycles. The van der Waals surface area contributed by atoms with Crippen LogP contribution in [0.2, 0.25) is 0 Å². The molecule has 5 nitrogen and oxygen atoms in total. The first-order valence-corrected chi connectivity index (χ1v) is 11.4. The molecule has 5 aromatic rings. The Balaban J connectivity index is 1.60. The summed E-state index contributed by atoms with van der Waals surface area (Å²) in [5, 5.41) is 0.686. The monoisotopic (exact) mass is 430 g/mol. The lowest BCUT2D eigenvalue weighted by Crippen LogP contribution is -2.30. The minimum Gasteiger partial charge on any atom is -0.278 e. The number of hydrogen-bond acceptors (Lipinski definition) is 6. The summed E-state index contributed by atoms with van der Waals surface area (Å²) in [6.07, 6.45) is 2.64. The fraction of sp³-hybridized carbons (Fsp3) is 0.130. The third kappa shape index (κ3) is 3.46. The van der Waals surface area contributed by atoms with Crippen molar-refractivity contribution in [2.24, 2.45) is 0 Å². The van der Waals surface area contributed by atoms with Gasteiger partial charge in [-0.25, -0.2) is 9.97 Å². The predicted molar refractivity (Wildman–Crippen MR) is 123 cm³/mol. The van der Waals surface area contributed by atoms with Gasteiger partial charge in [-0.05, 0) is 48.4 Å². The maximum absolute atomic E-state index is 13.6. The number of carbonyl (C=O) groups excluding carboxylic acids is 1. The van der Waals surface area contributed by atoms with Gasteiger partial charge in [0, 0.05) is 11.8 Å². The maximum atomic E-state index is 13.6. The topological polar surface area (TPSA) is 59.0 Å². The van der Waals surface area contributed by atoms with Gasteiger partial charge in [-0.2, -0.15) is 0 Å². The van der Waals surface area contributed by atoms with Crippen LogP contribution in [0, 0.1) is 0 Å². The molecular weight excluding hydrogens is 412 g/mol. The van der Waals surface area contributed by atoms with Gasteiger partial charge in [0.1, 0.15) is 0 Å². The molecule has 148 valence electrons. The van der Waals surface area contributed by atoms with Crippen molar-refractivity contribution in [2.75, 3.05) is 4.90 Å². The van der Waals surface area contributed by atoms with Crippen molar-refractivity contribution in [3.8, 4) is 0 Å². The molecule has 0 aliphatic heterocycles. The number of hydrogen-bond donors (Lipinski definition) is 0. The van der Waals surface area contributed by atoms with Gasteiger partial charge < -0.3 is 0 Å². The van der Waals surface area contributed by atoms with Gasteiger partial charge in [-0.1, -0.05) is 36.5 Å². The van der Waals surface area contributed by atoms with Gasteiger partial charge in [0.05, 0.1) is 38.2 Å². The minimum atomic E-state index is -0.0898. The highest BCUT2D eigenvalue weighted by Crippen LogP contribution is 2.33. The highest BCUT2D eigenvalue weighted by Gasteiger charge is 2.23. The van der Waals surface area contributed by atoms with E-state index in [-0.39, 0.29) is 5.91 Å². The highest BCUT2D eigenvalue weighted by molar-refractivity contribution is 7.22. The number of fused-ring (bicyclic) bond motifs is 2. The van der Waals surface area contributed by atoms with Crippen molar-refractivity contribution >= 4 is 54.1 Å². The van der Waals surface area contributed by atoms with Crippen molar-refractivity contribution in [3.63, 3.8) is 0 Å². The Morgan fingerprint density at radius 1 is 1.03 bits per heavy atom. The molecule has 0 fully saturated rings. The molecule has 0 saturated heterocycles. The first-order chi connectivity index (χ1) is 14.7. The number of carbonyl (C=O) groups is 1. The Kier molecular flexibility index (Phi) is 4.98. The number of thiazole rings is 2. The number of anilines is 1. The molecule has 0 aliphatic carbocycles. The van der Waals surface area contributed by atoms with Crippen molar-refractivity contribution in [1.29, 1.82) is 0 Å². The lowest BCUT2D eigenvalue weighted by Gasteiger charge is -2.19. The zero-order valence-electron chi connectivity index (χ0n) is 16.3. The second-order valence-corrected chi connectivity index (χ2v) is 8.76. The van der Waals surface area contributed by atoms with Crippen LogP contribution in [0.3, 0.4) is 0 Å². The molecule has 1 amide bonds. The summed E-state index contributed by atoms with van der Waals surface area (Å²) in [6.45, 7) is 2.48. The van der Waals surface area contributed by atoms with E-state index in [0.29, 0.717) is 17.2 Å². The summed E-state index contributed by atoms with van der Waals surface area (Å²) in [4.78, 5) is 28.9. The van der Waals surface area contributed by atoms with E-state index in [0.717, 1.165) is 32.5 Å². The van der Waals surface area contributed by atoms with Crippen molar-refractivity contribution in [1.82, 2.24) is 15.0 Å². The zero-order valence-corrected chi connectivity index (χ0v) is 17.9. The van der Waals surface area contributed by atoms with E-state index in [1.54, 1.807) is 16.6 Å². The summed E-state index contributed by atoms with van der Waals surface area (Å²) in [5.41, 5.74) is 6.30. The molecule has 30 heavy (non-hydrogen) atoms. The number of rotatable bonds is 5. The fourth-order valence-corrected chi connectivity index (χ4v) is 5.15. The number of benzene rings is 2. The lowest BCUT2D eigenvalue weighted by molar-refractivity contribution is 0.0985. The minimum absolute atomic E-state index is 0.0898. The summed E-state index contributed by atoms with van der Waals surface area (Å²) >= 11 is 3.07. The summed E-state index contributed by atoms with van der Waals surface area (Å²) in [6, 6.07) is 17.6. The van der Waals surface area contributed by atoms with Gasteiger partial charge in [0.15, 0.2) is 5.13 Å². The molecule has 0 atom stereocenters. The Morgan fingerprint density at radius 2 is 1.97 bits per heavy atom. The van der Waals surface area contributed by atoms with Crippen molar-refractivity contribution in [2.45, 2.75) is 19.9 Å². The van der Waals surface area contributed by atoms with E-state index < -0.39 is 0 Å². The molecule has 0 unspecified atom stereocenters. The molecule has 0 saturated carbocycles. The van der Waals surface area contributed by atoms with Crippen LogP contribution in [0.15, 0.2) is 66.3 Å². The second-order valence-electron chi connectivity index (χ2n) is 6.86. The average Bonchev–Trinajstić information content (AvgIpc) is 3.43. The van der Waals surface area contributed by atoms with Crippen LogP contribution in [-0.4, -0.2) is 20.9 Å². The van der Waals surface area contributed by atoms with E-state index in [2.05, 4.69) is 29.0 Å². The first kappa shape index (κ1) is 18.8. The van der Waals surface area contributed by atoms with Crippen molar-refractivity contribution in [3.05, 3.63) is 83.1 Å². The first-order valence-electron chi connectivity index (χ1n) is 9.66. The highest BCUT2D eigenvalue weighted by atomic mass is 32.1. The molecule has 0 spiro atoms. The zero-order chi connectivity index (χ0) is 20.5. The van der Waals surface area contributed by atoms with E-state index in [9.17, 15) is 4.79 Å². The van der Waals surface area contributed by atoms with Crippen LogP contribution in [0.5, 0.6) is 0 Å². The van der Waals surface area contributed by atoms with Crippen LogP contribution >= 0.6 is 22.7 Å². The molecule has 0 N–H and O–H groups in total. The Morgan fingerprint density at radius 3 is 2.80 bits per heavy atom. The van der Waals surface area contributed by atoms with Crippen LogP contribution < -0.4 is 4.90 Å². The Bertz CT molecular complexity index is 1340. The smallest absolute Gasteiger partial charge is 0.260 e. The number of aromatic nitrogens is 3. The summed E-state index contributed by atoms with van der Waals surface area (Å²) in [7, 11) is 0. The van der Waals surface area contributed by atoms with Gasteiger partial charge in [-0.15, -0.1) is 11.3 Å². The normalized spacial score (nSPS) is 11.2. The molecule has 0 bridgehead atoms. The number of para-hydroxylation sites is 1. The number of pyridine rings is 1. The number of aryl methyl sites for hydroxylation is 1. The Hall–Kier alpha value is -3.16. The van der Waals surface area contributed by atoms with E-state index in [1.165, 1.54) is 28.2 Å². The number of nitrogens with zero attached hydrogens (tertiary/aromatic N) is 4. The molecule has 7 heteroatoms. The predicted octanol–water partition coefficient (Wildman–Crippen LogP) is 5.71. The molecule has 0 radical (unpaired) electrons. The van der Waals surface area contributed by atoms with E-state index >= 15 is 0 Å². The summed E-state index contributed by atoms with van der Waals surface area (Å²) < 4.78 is 2.08. The average molecular weight is 431 g/mol. The molecule has 3 heterocycles. The van der Waals surface area contributed by atoms with Gasteiger partial charge in [0.25, 0.3) is 5.91 Å². The molecule has 0 aliphatic rings. The summed E-state index contributed by atoms with van der Waals surface area (Å²) in [5.74, 6) is -0.0898. The maximum Gasteiger partial charge on any atom is 0.260 e.